The average Bonchev–Trinajstić information content (AvgIpc) is 3.10. The quantitative estimate of drug-likeness (QED) is 0.435. The zero-order valence-electron chi connectivity index (χ0n) is 12.3. The smallest absolute Gasteiger partial charge is 0.294 e. The minimum absolute atomic E-state index is 0.0876. The van der Waals surface area contributed by atoms with Crippen molar-refractivity contribution in [2.75, 3.05) is 5.32 Å². The number of para-hydroxylation sites is 2. The number of rotatable bonds is 4. The monoisotopic (exact) mass is 324 g/mol. The maximum Gasteiger partial charge on any atom is 0.294 e. The fraction of sp³-hybridized carbons (Fsp3) is 0. The van der Waals surface area contributed by atoms with Crippen molar-refractivity contribution >= 4 is 17.3 Å². The summed E-state index contributed by atoms with van der Waals surface area (Å²) in [5.74, 6) is -0.646. The van der Waals surface area contributed by atoms with Crippen LogP contribution in [-0.2, 0) is 0 Å². The van der Waals surface area contributed by atoms with Crippen molar-refractivity contribution in [3.8, 4) is 11.4 Å². The van der Waals surface area contributed by atoms with E-state index in [1.807, 2.05) is 0 Å². The van der Waals surface area contributed by atoms with Gasteiger partial charge >= 0.3 is 0 Å². The van der Waals surface area contributed by atoms with Gasteiger partial charge in [0.1, 0.15) is 11.4 Å². The number of nitrogens with zero attached hydrogens (tertiary/aromatic N) is 3. The molecule has 8 nitrogen and oxygen atoms in total. The second-order valence-electron chi connectivity index (χ2n) is 4.90. The minimum atomic E-state index is -0.563. The van der Waals surface area contributed by atoms with Crippen LogP contribution in [0.1, 0.15) is 10.4 Å². The number of carbonyl (C=O) groups is 1. The number of amides is 1. The van der Waals surface area contributed by atoms with Crippen LogP contribution >= 0.6 is 0 Å². The van der Waals surface area contributed by atoms with Crippen LogP contribution in [0.3, 0.4) is 0 Å². The second kappa shape index (κ2) is 6.21. The number of phenols is 1. The zero-order chi connectivity index (χ0) is 17.1. The highest BCUT2D eigenvalue weighted by Gasteiger charge is 2.19. The molecule has 0 radical (unpaired) electrons. The Hall–Kier alpha value is -3.68. The molecule has 0 aliphatic rings. The average molecular weight is 324 g/mol. The summed E-state index contributed by atoms with van der Waals surface area (Å²) in [7, 11) is 0. The summed E-state index contributed by atoms with van der Waals surface area (Å²) in [6.45, 7) is 0. The molecule has 24 heavy (non-hydrogen) atoms. The van der Waals surface area contributed by atoms with Crippen molar-refractivity contribution in [3.05, 3.63) is 76.9 Å². The van der Waals surface area contributed by atoms with Gasteiger partial charge in [0, 0.05) is 24.0 Å². The first-order valence-electron chi connectivity index (χ1n) is 6.92. The van der Waals surface area contributed by atoms with Gasteiger partial charge in [-0.3, -0.25) is 14.9 Å². The molecule has 0 aliphatic heterocycles. The summed E-state index contributed by atoms with van der Waals surface area (Å²) in [6.07, 6.45) is 4.51. The second-order valence-corrected chi connectivity index (χ2v) is 4.90. The third-order valence-electron chi connectivity index (χ3n) is 3.37. The third kappa shape index (κ3) is 2.93. The summed E-state index contributed by atoms with van der Waals surface area (Å²) < 4.78 is 1.49. The molecule has 0 saturated carbocycles. The SMILES string of the molecule is O=C(Nc1ccccc1O)c1ccc(-n2ccnc2)c([N+](=O)[O-])c1. The summed E-state index contributed by atoms with van der Waals surface area (Å²) >= 11 is 0. The van der Waals surface area contributed by atoms with Crippen LogP contribution in [0.15, 0.2) is 61.2 Å². The number of phenolic OH excluding ortho intramolecular Hbond substituents is 1. The molecule has 8 heteroatoms. The molecule has 1 amide bonds. The van der Waals surface area contributed by atoms with E-state index >= 15 is 0 Å². The lowest BCUT2D eigenvalue weighted by Gasteiger charge is -2.09. The van der Waals surface area contributed by atoms with E-state index in [0.29, 0.717) is 5.69 Å². The predicted molar refractivity (Wildman–Crippen MR) is 86.3 cm³/mol. The van der Waals surface area contributed by atoms with Crippen molar-refractivity contribution in [1.29, 1.82) is 0 Å². The van der Waals surface area contributed by atoms with Crippen LogP contribution in [0.4, 0.5) is 11.4 Å². The normalized spacial score (nSPS) is 10.3. The lowest BCUT2D eigenvalue weighted by molar-refractivity contribution is -0.384. The van der Waals surface area contributed by atoms with Crippen molar-refractivity contribution in [1.82, 2.24) is 9.55 Å². The Morgan fingerprint density at radius 2 is 2.04 bits per heavy atom. The number of aromatic nitrogens is 2. The molecule has 1 aromatic heterocycles. The van der Waals surface area contributed by atoms with Crippen LogP contribution in [0.25, 0.3) is 5.69 Å². The van der Waals surface area contributed by atoms with Crippen molar-refractivity contribution in [3.63, 3.8) is 0 Å². The number of anilines is 1. The van der Waals surface area contributed by atoms with Gasteiger partial charge in [0.15, 0.2) is 0 Å². The van der Waals surface area contributed by atoms with Gasteiger partial charge in [0.05, 0.1) is 16.9 Å². The number of nitrogens with one attached hydrogen (secondary N) is 1. The maximum atomic E-state index is 12.3. The number of hydrogen-bond donors (Lipinski definition) is 2. The Kier molecular flexibility index (Phi) is 3.94. The van der Waals surface area contributed by atoms with Crippen LogP contribution in [-0.4, -0.2) is 25.5 Å². The van der Waals surface area contributed by atoms with Gasteiger partial charge in [0.25, 0.3) is 11.6 Å². The van der Waals surface area contributed by atoms with E-state index in [1.54, 1.807) is 18.3 Å². The largest absolute Gasteiger partial charge is 0.506 e. The van der Waals surface area contributed by atoms with Gasteiger partial charge in [-0.05, 0) is 24.3 Å². The summed E-state index contributed by atoms with van der Waals surface area (Å²) in [5, 5.41) is 23.5. The van der Waals surface area contributed by atoms with Crippen LogP contribution < -0.4 is 5.32 Å². The topological polar surface area (TPSA) is 110 Å². The lowest BCUT2D eigenvalue weighted by atomic mass is 10.1. The van der Waals surface area contributed by atoms with Gasteiger partial charge in [0.2, 0.25) is 0 Å². The van der Waals surface area contributed by atoms with Crippen molar-refractivity contribution in [2.45, 2.75) is 0 Å². The Morgan fingerprint density at radius 1 is 1.25 bits per heavy atom. The highest BCUT2D eigenvalue weighted by atomic mass is 16.6. The number of nitro groups is 1. The highest BCUT2D eigenvalue weighted by Crippen LogP contribution is 2.26. The summed E-state index contributed by atoms with van der Waals surface area (Å²) in [6, 6.07) is 10.4. The highest BCUT2D eigenvalue weighted by molar-refractivity contribution is 6.05. The van der Waals surface area contributed by atoms with E-state index in [-0.39, 0.29) is 22.7 Å². The number of benzene rings is 2. The number of imidazole rings is 1. The van der Waals surface area contributed by atoms with Gasteiger partial charge in [-0.25, -0.2) is 4.98 Å². The summed E-state index contributed by atoms with van der Waals surface area (Å²) in [4.78, 5) is 26.9. The van der Waals surface area contributed by atoms with E-state index in [9.17, 15) is 20.0 Å². The molecule has 3 aromatic rings. The first-order chi connectivity index (χ1) is 11.6. The molecular weight excluding hydrogens is 312 g/mol. The molecule has 0 aliphatic carbocycles. The van der Waals surface area contributed by atoms with Gasteiger partial charge in [-0.15, -0.1) is 0 Å². The number of hydrogen-bond acceptors (Lipinski definition) is 5. The molecule has 0 saturated heterocycles. The Morgan fingerprint density at radius 3 is 2.71 bits per heavy atom. The molecule has 2 N–H and O–H groups in total. The Labute approximate surface area is 136 Å². The van der Waals surface area contributed by atoms with E-state index in [0.717, 1.165) is 0 Å². The fourth-order valence-electron chi connectivity index (χ4n) is 2.20. The maximum absolute atomic E-state index is 12.3. The van der Waals surface area contributed by atoms with Gasteiger partial charge < -0.3 is 15.0 Å². The van der Waals surface area contributed by atoms with Crippen molar-refractivity contribution in [2.24, 2.45) is 0 Å². The van der Waals surface area contributed by atoms with Crippen LogP contribution in [0, 0.1) is 10.1 Å². The molecule has 0 bridgehead atoms. The zero-order valence-corrected chi connectivity index (χ0v) is 12.3. The number of aromatic hydroxyl groups is 1. The number of nitro benzene ring substituents is 1. The molecule has 0 fully saturated rings. The van der Waals surface area contributed by atoms with Crippen LogP contribution in [0.5, 0.6) is 5.75 Å². The predicted octanol–water partition coefficient (Wildman–Crippen LogP) is 2.74. The van der Waals surface area contributed by atoms with E-state index < -0.39 is 10.8 Å². The molecule has 1 heterocycles. The number of carbonyl (C=O) groups excluding carboxylic acids is 1. The summed E-state index contributed by atoms with van der Waals surface area (Å²) in [5.41, 5.74) is 0.409. The molecular formula is C16H12N4O4. The van der Waals surface area contributed by atoms with Gasteiger partial charge in [-0.1, -0.05) is 12.1 Å². The van der Waals surface area contributed by atoms with Gasteiger partial charge in [-0.2, -0.15) is 0 Å². The first kappa shape index (κ1) is 15.2. The molecule has 2 aromatic carbocycles. The molecule has 3 rings (SSSR count). The lowest BCUT2D eigenvalue weighted by Crippen LogP contribution is -2.13. The first-order valence-corrected chi connectivity index (χ1v) is 6.92. The fourth-order valence-corrected chi connectivity index (χ4v) is 2.20. The Bertz CT molecular complexity index is 906. The molecule has 0 atom stereocenters. The van der Waals surface area contributed by atoms with E-state index in [2.05, 4.69) is 10.3 Å². The standard InChI is InChI=1S/C16H12N4O4/c21-15-4-2-1-3-12(15)18-16(22)11-5-6-13(14(9-11)20(23)24)19-8-7-17-10-19/h1-10,21H,(H,18,22). The van der Waals surface area contributed by atoms with Crippen LogP contribution in [0.2, 0.25) is 0 Å². The van der Waals surface area contributed by atoms with E-state index in [1.165, 1.54) is 47.4 Å². The molecule has 0 unspecified atom stereocenters. The minimum Gasteiger partial charge on any atom is -0.506 e. The van der Waals surface area contributed by atoms with Crippen molar-refractivity contribution < 1.29 is 14.8 Å². The molecule has 120 valence electrons. The Balaban J connectivity index is 1.94. The van der Waals surface area contributed by atoms with E-state index in [4.69, 9.17) is 0 Å². The third-order valence-corrected chi connectivity index (χ3v) is 3.37. The molecule has 0 spiro atoms.